The van der Waals surface area contributed by atoms with Crippen molar-refractivity contribution < 1.29 is 9.53 Å². The summed E-state index contributed by atoms with van der Waals surface area (Å²) >= 11 is 0. The van der Waals surface area contributed by atoms with E-state index in [0.29, 0.717) is 6.61 Å². The number of hydrogen-bond acceptors (Lipinski definition) is 3. The van der Waals surface area contributed by atoms with Crippen LogP contribution >= 0.6 is 12.4 Å². The molecular formula is C10H12ClNO2. The smallest absolute Gasteiger partial charge is 0.142 e. The first-order valence-electron chi connectivity index (χ1n) is 4.05. The van der Waals surface area contributed by atoms with Crippen molar-refractivity contribution in [3.05, 3.63) is 30.5 Å². The number of benzene rings is 1. The molecule has 76 valence electrons. The van der Waals surface area contributed by atoms with Crippen LogP contribution in [-0.4, -0.2) is 12.5 Å². The van der Waals surface area contributed by atoms with E-state index in [1.807, 2.05) is 31.2 Å². The SMILES string of the molecule is CCOc1ccc(NC=C=O)cc1.Cl. The Morgan fingerprint density at radius 1 is 1.43 bits per heavy atom. The van der Waals surface area contributed by atoms with Gasteiger partial charge in [0.05, 0.1) is 12.8 Å². The predicted molar refractivity (Wildman–Crippen MR) is 58.7 cm³/mol. The number of halogens is 1. The lowest BCUT2D eigenvalue weighted by molar-refractivity contribution is 0.340. The maximum atomic E-state index is 9.88. The number of rotatable bonds is 4. The molecule has 0 heterocycles. The molecule has 0 spiro atoms. The average molecular weight is 214 g/mol. The van der Waals surface area contributed by atoms with Gasteiger partial charge in [-0.15, -0.1) is 12.4 Å². The highest BCUT2D eigenvalue weighted by Crippen LogP contribution is 2.15. The van der Waals surface area contributed by atoms with Crippen LogP contribution in [0, 0.1) is 0 Å². The standard InChI is InChI=1S/C10H11NO2.ClH/c1-2-13-10-5-3-9(4-6-10)11-7-8-12;/h3-7,11H,2H2,1H3;1H. The van der Waals surface area contributed by atoms with E-state index in [2.05, 4.69) is 5.32 Å². The summed E-state index contributed by atoms with van der Waals surface area (Å²) in [5.74, 6) is 2.46. The zero-order chi connectivity index (χ0) is 9.52. The van der Waals surface area contributed by atoms with Gasteiger partial charge >= 0.3 is 0 Å². The zero-order valence-electron chi connectivity index (χ0n) is 7.82. The van der Waals surface area contributed by atoms with Crippen LogP contribution in [0.2, 0.25) is 0 Å². The monoisotopic (exact) mass is 213 g/mol. The lowest BCUT2D eigenvalue weighted by Crippen LogP contribution is -1.92. The fourth-order valence-corrected chi connectivity index (χ4v) is 0.927. The van der Waals surface area contributed by atoms with Crippen molar-refractivity contribution >= 4 is 24.0 Å². The number of anilines is 1. The second-order valence-electron chi connectivity index (χ2n) is 2.36. The topological polar surface area (TPSA) is 38.3 Å². The van der Waals surface area contributed by atoms with Gasteiger partial charge in [0.15, 0.2) is 0 Å². The Morgan fingerprint density at radius 3 is 2.57 bits per heavy atom. The molecule has 1 rings (SSSR count). The summed E-state index contributed by atoms with van der Waals surface area (Å²) in [6.07, 6.45) is 1.22. The summed E-state index contributed by atoms with van der Waals surface area (Å²) in [5, 5.41) is 2.76. The van der Waals surface area contributed by atoms with E-state index < -0.39 is 0 Å². The van der Waals surface area contributed by atoms with Crippen LogP contribution < -0.4 is 10.1 Å². The molecule has 0 atom stereocenters. The average Bonchev–Trinajstić information content (AvgIpc) is 2.17. The highest BCUT2D eigenvalue weighted by atomic mass is 35.5. The van der Waals surface area contributed by atoms with Gasteiger partial charge in [0.2, 0.25) is 0 Å². The Kier molecular flexibility index (Phi) is 6.29. The van der Waals surface area contributed by atoms with Gasteiger partial charge in [-0.1, -0.05) is 0 Å². The summed E-state index contributed by atoms with van der Waals surface area (Å²) < 4.78 is 5.25. The molecule has 4 heteroatoms. The summed E-state index contributed by atoms with van der Waals surface area (Å²) in [7, 11) is 0. The fraction of sp³-hybridized carbons (Fsp3) is 0.200. The summed E-state index contributed by atoms with van der Waals surface area (Å²) in [5.41, 5.74) is 0.840. The highest BCUT2D eigenvalue weighted by Gasteiger charge is 1.91. The minimum absolute atomic E-state index is 0. The van der Waals surface area contributed by atoms with Gasteiger partial charge in [-0.3, -0.25) is 0 Å². The Hall–Kier alpha value is -1.44. The van der Waals surface area contributed by atoms with Gasteiger partial charge < -0.3 is 10.1 Å². The fourth-order valence-electron chi connectivity index (χ4n) is 0.927. The first-order chi connectivity index (χ1) is 6.36. The van der Waals surface area contributed by atoms with Crippen molar-refractivity contribution in [2.45, 2.75) is 6.92 Å². The largest absolute Gasteiger partial charge is 0.494 e. The van der Waals surface area contributed by atoms with Gasteiger partial charge in [0.1, 0.15) is 11.7 Å². The number of carbonyl (C=O) groups excluding carboxylic acids is 1. The molecule has 1 aromatic carbocycles. The van der Waals surface area contributed by atoms with E-state index >= 15 is 0 Å². The third-order valence-electron chi connectivity index (χ3n) is 1.46. The molecule has 0 aliphatic carbocycles. The second kappa shape index (κ2) is 7.01. The van der Waals surface area contributed by atoms with Gasteiger partial charge in [0, 0.05) is 5.69 Å². The predicted octanol–water partition coefficient (Wildman–Crippen LogP) is 2.26. The molecule has 0 amide bonds. The Bertz CT molecular complexity index is 304. The quantitative estimate of drug-likeness (QED) is 0.780. The van der Waals surface area contributed by atoms with Crippen molar-refractivity contribution in [3.8, 4) is 5.75 Å². The van der Waals surface area contributed by atoms with Crippen molar-refractivity contribution in [1.82, 2.24) is 0 Å². The van der Waals surface area contributed by atoms with Gasteiger partial charge in [-0.25, -0.2) is 4.79 Å². The van der Waals surface area contributed by atoms with E-state index in [4.69, 9.17) is 4.74 Å². The molecule has 0 aromatic heterocycles. The lowest BCUT2D eigenvalue weighted by atomic mass is 10.3. The molecule has 0 fully saturated rings. The summed E-state index contributed by atoms with van der Waals surface area (Å²) in [6, 6.07) is 7.34. The first kappa shape index (κ1) is 12.6. The van der Waals surface area contributed by atoms with Crippen molar-refractivity contribution in [2.24, 2.45) is 0 Å². The molecule has 0 radical (unpaired) electrons. The third kappa shape index (κ3) is 3.99. The lowest BCUT2D eigenvalue weighted by Gasteiger charge is -2.03. The van der Waals surface area contributed by atoms with E-state index in [1.165, 1.54) is 6.20 Å². The zero-order valence-corrected chi connectivity index (χ0v) is 8.64. The van der Waals surface area contributed by atoms with Gasteiger partial charge in [-0.05, 0) is 31.2 Å². The molecule has 14 heavy (non-hydrogen) atoms. The van der Waals surface area contributed by atoms with Crippen LogP contribution in [0.1, 0.15) is 6.92 Å². The maximum Gasteiger partial charge on any atom is 0.142 e. The van der Waals surface area contributed by atoms with Gasteiger partial charge in [0.25, 0.3) is 0 Å². The molecule has 0 saturated carbocycles. The third-order valence-corrected chi connectivity index (χ3v) is 1.46. The molecule has 3 nitrogen and oxygen atoms in total. The Labute approximate surface area is 89.2 Å². The van der Waals surface area contributed by atoms with Crippen LogP contribution in [0.5, 0.6) is 5.75 Å². The van der Waals surface area contributed by atoms with Crippen LogP contribution in [0.3, 0.4) is 0 Å². The van der Waals surface area contributed by atoms with Crippen molar-refractivity contribution in [1.29, 1.82) is 0 Å². The molecule has 1 aromatic rings. The van der Waals surface area contributed by atoms with E-state index in [1.54, 1.807) is 5.94 Å². The first-order valence-corrected chi connectivity index (χ1v) is 4.05. The highest BCUT2D eigenvalue weighted by molar-refractivity contribution is 5.85. The van der Waals surface area contributed by atoms with Gasteiger partial charge in [-0.2, -0.15) is 0 Å². The Balaban J connectivity index is 0.00000169. The minimum Gasteiger partial charge on any atom is -0.494 e. The molecule has 0 aliphatic rings. The molecule has 0 bridgehead atoms. The van der Waals surface area contributed by atoms with Crippen molar-refractivity contribution in [2.75, 3.05) is 11.9 Å². The van der Waals surface area contributed by atoms with Crippen LogP contribution in [0.4, 0.5) is 5.69 Å². The molecule has 0 saturated heterocycles. The maximum absolute atomic E-state index is 9.88. The molecular weight excluding hydrogens is 202 g/mol. The Morgan fingerprint density at radius 2 is 2.07 bits per heavy atom. The summed E-state index contributed by atoms with van der Waals surface area (Å²) in [4.78, 5) is 9.88. The normalized spacial score (nSPS) is 8.07. The minimum atomic E-state index is 0. The summed E-state index contributed by atoms with van der Waals surface area (Å²) in [6.45, 7) is 2.59. The molecule has 1 N–H and O–H groups in total. The number of nitrogens with one attached hydrogen (secondary N) is 1. The number of ether oxygens (including phenoxy) is 1. The van der Waals surface area contributed by atoms with Crippen LogP contribution in [-0.2, 0) is 4.79 Å². The van der Waals surface area contributed by atoms with E-state index in [0.717, 1.165) is 11.4 Å². The van der Waals surface area contributed by atoms with Crippen LogP contribution in [0.25, 0.3) is 0 Å². The molecule has 0 unspecified atom stereocenters. The van der Waals surface area contributed by atoms with E-state index in [9.17, 15) is 4.79 Å². The second-order valence-corrected chi connectivity index (χ2v) is 2.36. The number of hydrogen-bond donors (Lipinski definition) is 1. The van der Waals surface area contributed by atoms with Crippen molar-refractivity contribution in [3.63, 3.8) is 0 Å². The molecule has 0 aliphatic heterocycles. The van der Waals surface area contributed by atoms with Crippen LogP contribution in [0.15, 0.2) is 30.5 Å². The van der Waals surface area contributed by atoms with E-state index in [-0.39, 0.29) is 12.4 Å².